The Kier molecular flexibility index (Phi) is 8.28. The molecule has 0 aliphatic rings. The molecule has 3 aromatic carbocycles. The first-order valence-corrected chi connectivity index (χ1v) is 12.1. The normalized spacial score (nSPS) is 10.7. The molecule has 10 heteroatoms. The molecule has 38 heavy (non-hydrogen) atoms. The fraction of sp³-hybridized carbons (Fsp3) is 0.179. The number of aromatic nitrogens is 2. The summed E-state index contributed by atoms with van der Waals surface area (Å²) >= 11 is 6.04. The van der Waals surface area contributed by atoms with Crippen LogP contribution in [0.5, 0.6) is 11.5 Å². The number of nitrogens with zero attached hydrogens (tertiary/aromatic N) is 3. The van der Waals surface area contributed by atoms with Crippen molar-refractivity contribution in [2.45, 2.75) is 6.92 Å². The first-order chi connectivity index (χ1) is 18.3. The van der Waals surface area contributed by atoms with E-state index in [0.717, 1.165) is 5.56 Å². The van der Waals surface area contributed by atoms with Crippen molar-refractivity contribution in [2.75, 3.05) is 32.6 Å². The highest BCUT2D eigenvalue weighted by Gasteiger charge is 2.20. The lowest BCUT2D eigenvalue weighted by Gasteiger charge is -2.20. The number of halogens is 2. The first kappa shape index (κ1) is 26.7. The molecule has 0 atom stereocenters. The van der Waals surface area contributed by atoms with Gasteiger partial charge in [-0.3, -0.25) is 19.5 Å². The van der Waals surface area contributed by atoms with Gasteiger partial charge in [-0.2, -0.15) is 0 Å². The van der Waals surface area contributed by atoms with E-state index in [0.29, 0.717) is 27.9 Å². The fourth-order valence-electron chi connectivity index (χ4n) is 3.84. The van der Waals surface area contributed by atoms with Crippen molar-refractivity contribution in [1.29, 1.82) is 0 Å². The van der Waals surface area contributed by atoms with Crippen molar-refractivity contribution in [1.82, 2.24) is 14.5 Å². The van der Waals surface area contributed by atoms with Crippen LogP contribution in [0.1, 0.15) is 17.3 Å². The van der Waals surface area contributed by atoms with Gasteiger partial charge in [0.1, 0.15) is 12.4 Å². The smallest absolute Gasteiger partial charge is 0.254 e. The highest BCUT2D eigenvalue weighted by molar-refractivity contribution is 6.30. The molecule has 196 valence electrons. The minimum Gasteiger partial charge on any atom is -0.493 e. The molecule has 8 nitrogen and oxygen atoms in total. The van der Waals surface area contributed by atoms with E-state index in [9.17, 15) is 14.0 Å². The Morgan fingerprint density at radius 1 is 1.00 bits per heavy atom. The third-order valence-corrected chi connectivity index (χ3v) is 6.09. The van der Waals surface area contributed by atoms with Crippen LogP contribution >= 0.6 is 11.6 Å². The van der Waals surface area contributed by atoms with Gasteiger partial charge in [0.25, 0.3) is 5.91 Å². The zero-order valence-corrected chi connectivity index (χ0v) is 21.8. The van der Waals surface area contributed by atoms with Crippen molar-refractivity contribution in [3.05, 3.63) is 89.3 Å². The van der Waals surface area contributed by atoms with Gasteiger partial charge in [-0.05, 0) is 55.5 Å². The monoisotopic (exact) mass is 536 g/mol. The number of carbonyl (C=O) groups is 2. The van der Waals surface area contributed by atoms with Gasteiger partial charge < -0.3 is 14.4 Å². The Labute approximate surface area is 224 Å². The topological polar surface area (TPSA) is 85.7 Å². The van der Waals surface area contributed by atoms with Crippen LogP contribution in [0.2, 0.25) is 5.02 Å². The summed E-state index contributed by atoms with van der Waals surface area (Å²) in [5, 5.41) is 3.41. The Bertz CT molecular complexity index is 1440. The van der Waals surface area contributed by atoms with Crippen molar-refractivity contribution in [3.8, 4) is 28.4 Å². The lowest BCUT2D eigenvalue weighted by Crippen LogP contribution is -2.38. The van der Waals surface area contributed by atoms with Gasteiger partial charge in [-0.1, -0.05) is 23.7 Å². The number of imidazole rings is 1. The molecule has 0 aliphatic carbocycles. The summed E-state index contributed by atoms with van der Waals surface area (Å²) in [6, 6.07) is 17.7. The van der Waals surface area contributed by atoms with Gasteiger partial charge in [-0.15, -0.1) is 0 Å². The maximum Gasteiger partial charge on any atom is 0.254 e. The maximum absolute atomic E-state index is 13.3. The van der Waals surface area contributed by atoms with Crippen molar-refractivity contribution < 1.29 is 23.5 Å². The van der Waals surface area contributed by atoms with Crippen LogP contribution in [0.4, 0.5) is 10.3 Å². The number of carbonyl (C=O) groups excluding carboxylic acids is 2. The molecule has 0 fully saturated rings. The summed E-state index contributed by atoms with van der Waals surface area (Å²) in [6.45, 7) is 1.82. The molecule has 1 heterocycles. The molecule has 2 amide bonds. The number of hydrogen-bond acceptors (Lipinski definition) is 5. The first-order valence-electron chi connectivity index (χ1n) is 11.7. The highest BCUT2D eigenvalue weighted by atomic mass is 35.5. The molecule has 0 saturated heterocycles. The number of methoxy groups -OCH3 is 2. The van der Waals surface area contributed by atoms with Gasteiger partial charge in [0.05, 0.1) is 25.6 Å². The predicted molar refractivity (Wildman–Crippen MR) is 144 cm³/mol. The van der Waals surface area contributed by atoms with E-state index in [1.165, 1.54) is 36.3 Å². The largest absolute Gasteiger partial charge is 0.493 e. The average Bonchev–Trinajstić information content (AvgIpc) is 3.35. The van der Waals surface area contributed by atoms with E-state index in [-0.39, 0.29) is 30.5 Å². The van der Waals surface area contributed by atoms with E-state index in [1.54, 1.807) is 55.1 Å². The van der Waals surface area contributed by atoms with Crippen LogP contribution in [0.3, 0.4) is 0 Å². The molecule has 4 aromatic rings. The number of anilines is 1. The van der Waals surface area contributed by atoms with Crippen LogP contribution in [-0.2, 0) is 4.79 Å². The molecule has 0 saturated carbocycles. The van der Waals surface area contributed by atoms with E-state index < -0.39 is 11.7 Å². The van der Waals surface area contributed by atoms with Gasteiger partial charge in [0.2, 0.25) is 11.9 Å². The Morgan fingerprint density at radius 2 is 1.68 bits per heavy atom. The minimum absolute atomic E-state index is 0.220. The lowest BCUT2D eigenvalue weighted by molar-refractivity contribution is -0.116. The Morgan fingerprint density at radius 3 is 2.32 bits per heavy atom. The zero-order valence-electron chi connectivity index (χ0n) is 21.1. The van der Waals surface area contributed by atoms with Gasteiger partial charge in [-0.25, -0.2) is 9.37 Å². The third kappa shape index (κ3) is 5.95. The van der Waals surface area contributed by atoms with E-state index >= 15 is 0 Å². The van der Waals surface area contributed by atoms with Crippen LogP contribution in [0.25, 0.3) is 16.9 Å². The molecule has 0 radical (unpaired) electrons. The molecule has 4 rings (SSSR count). The molecule has 0 unspecified atom stereocenters. The van der Waals surface area contributed by atoms with Gasteiger partial charge in [0, 0.05) is 35.0 Å². The highest BCUT2D eigenvalue weighted by Crippen LogP contribution is 2.32. The average molecular weight is 537 g/mol. The quantitative estimate of drug-likeness (QED) is 0.307. The molecule has 1 N–H and O–H groups in total. The van der Waals surface area contributed by atoms with Crippen molar-refractivity contribution in [2.24, 2.45) is 0 Å². The number of likely N-dealkylation sites (N-methyl/N-ethyl adjacent to an activating group) is 1. The fourth-order valence-corrected chi connectivity index (χ4v) is 3.97. The summed E-state index contributed by atoms with van der Waals surface area (Å²) in [5.74, 6) is 0.0344. The predicted octanol–water partition coefficient (Wildman–Crippen LogP) is 5.45. The van der Waals surface area contributed by atoms with E-state index in [1.807, 2.05) is 12.1 Å². The second-order valence-corrected chi connectivity index (χ2v) is 8.68. The van der Waals surface area contributed by atoms with Crippen LogP contribution < -0.4 is 14.8 Å². The number of hydrogen-bond donors (Lipinski definition) is 1. The number of amides is 2. The number of benzene rings is 3. The lowest BCUT2D eigenvalue weighted by atomic mass is 10.2. The Balaban J connectivity index is 1.64. The second kappa shape index (κ2) is 11.8. The number of rotatable bonds is 9. The SMILES string of the molecule is CCN(CC(=O)Nc1nc(-c2ccc(Cl)cc2)cn1-c1ccc(OC)c(OC)c1)C(=O)c1ccc(F)cc1. The number of nitrogens with one attached hydrogen (secondary N) is 1. The second-order valence-electron chi connectivity index (χ2n) is 8.24. The van der Waals surface area contributed by atoms with Crippen LogP contribution in [0, 0.1) is 5.82 Å². The summed E-state index contributed by atoms with van der Waals surface area (Å²) in [4.78, 5) is 32.0. The van der Waals surface area contributed by atoms with Crippen molar-refractivity contribution in [3.63, 3.8) is 0 Å². The summed E-state index contributed by atoms with van der Waals surface area (Å²) in [7, 11) is 3.08. The minimum atomic E-state index is -0.447. The molecule has 0 spiro atoms. The summed E-state index contributed by atoms with van der Waals surface area (Å²) < 4.78 is 25.8. The Hall–Kier alpha value is -4.37. The third-order valence-electron chi connectivity index (χ3n) is 5.84. The molecule has 1 aromatic heterocycles. The van der Waals surface area contributed by atoms with Crippen LogP contribution in [0.15, 0.2) is 72.9 Å². The maximum atomic E-state index is 13.3. The van der Waals surface area contributed by atoms with Crippen LogP contribution in [-0.4, -0.2) is 53.6 Å². The molecular formula is C28H26ClFN4O4. The zero-order chi connectivity index (χ0) is 27.2. The molecular weight excluding hydrogens is 511 g/mol. The summed E-state index contributed by atoms with van der Waals surface area (Å²) in [6.07, 6.45) is 1.78. The van der Waals surface area contributed by atoms with Gasteiger partial charge >= 0.3 is 0 Å². The standard InChI is InChI=1S/C28H26ClFN4O4/c1-4-33(27(36)19-7-11-21(30)12-8-19)17-26(35)32-28-31-23(18-5-9-20(29)10-6-18)16-34(28)22-13-14-24(37-2)25(15-22)38-3/h5-16H,4,17H2,1-3H3,(H,31,32,35). The van der Waals surface area contributed by atoms with Gasteiger partial charge in [0.15, 0.2) is 11.5 Å². The molecule has 0 aliphatic heterocycles. The summed E-state index contributed by atoms with van der Waals surface area (Å²) in [5.41, 5.74) is 2.35. The number of ether oxygens (including phenoxy) is 2. The molecule has 0 bridgehead atoms. The van der Waals surface area contributed by atoms with E-state index in [4.69, 9.17) is 21.1 Å². The van der Waals surface area contributed by atoms with Crippen molar-refractivity contribution >= 4 is 29.4 Å². The van der Waals surface area contributed by atoms with E-state index in [2.05, 4.69) is 10.3 Å².